The van der Waals surface area contributed by atoms with Gasteiger partial charge in [-0.05, 0) is 42.2 Å². The van der Waals surface area contributed by atoms with Crippen LogP contribution in [0, 0.1) is 10.8 Å². The molecule has 0 aliphatic carbocycles. The van der Waals surface area contributed by atoms with Crippen molar-refractivity contribution in [3.63, 3.8) is 0 Å². The number of allylic oxidation sites excluding steroid dienone is 5. The van der Waals surface area contributed by atoms with Crippen LogP contribution in [0.15, 0.2) is 122 Å². The number of nitrogen functional groups attached to an aromatic ring is 1. The lowest BCUT2D eigenvalue weighted by Crippen LogP contribution is -2.42. The monoisotopic (exact) mass is 565 g/mol. The number of nitrogens with two attached hydrogens (primary N) is 1. The van der Waals surface area contributed by atoms with Crippen molar-refractivity contribution in [3.05, 3.63) is 127 Å². The Hall–Kier alpha value is -5.11. The summed E-state index contributed by atoms with van der Waals surface area (Å²) >= 11 is 0. The van der Waals surface area contributed by atoms with Gasteiger partial charge in [-0.2, -0.15) is 0 Å². The van der Waals surface area contributed by atoms with Crippen molar-refractivity contribution in [2.75, 3.05) is 12.3 Å². The molecule has 0 radical (unpaired) electrons. The van der Waals surface area contributed by atoms with E-state index in [1.165, 1.54) is 12.2 Å². The second-order valence-corrected chi connectivity index (χ2v) is 9.04. The number of carboxylic acids is 1. The van der Waals surface area contributed by atoms with Gasteiger partial charge < -0.3 is 15.4 Å². The molecule has 0 saturated carbocycles. The van der Waals surface area contributed by atoms with E-state index in [0.29, 0.717) is 31.0 Å². The molecule has 1 aliphatic heterocycles. The topological polar surface area (TPSA) is 131 Å². The van der Waals surface area contributed by atoms with E-state index >= 15 is 0 Å². The molecule has 1 aromatic heterocycles. The summed E-state index contributed by atoms with van der Waals surface area (Å²) in [5.74, 6) is -0.129. The highest BCUT2D eigenvalue weighted by Crippen LogP contribution is 2.18. The number of aromatic nitrogens is 2. The first-order valence-electron chi connectivity index (χ1n) is 13.9. The zero-order valence-corrected chi connectivity index (χ0v) is 24.4. The Balaban J connectivity index is 0.000000277. The van der Waals surface area contributed by atoms with E-state index in [4.69, 9.17) is 21.7 Å². The molecule has 0 bridgehead atoms. The van der Waals surface area contributed by atoms with Crippen molar-refractivity contribution in [2.45, 2.75) is 39.3 Å². The van der Waals surface area contributed by atoms with Gasteiger partial charge in [0, 0.05) is 18.2 Å². The van der Waals surface area contributed by atoms with Crippen molar-refractivity contribution >= 4 is 23.3 Å². The van der Waals surface area contributed by atoms with Crippen LogP contribution in [0.3, 0.4) is 0 Å². The molecule has 42 heavy (non-hydrogen) atoms. The number of amidine groups is 1. The van der Waals surface area contributed by atoms with Gasteiger partial charge in [0.1, 0.15) is 24.1 Å². The SMILES string of the molecule is C=C/C=C(\C=C)C[n+]1nc(-c2ccccc2)ccc1N.CC.N=C(/C=C\C(=N)N1CCCC1C(=O)O)c1ccccc1. The fourth-order valence-corrected chi connectivity index (χ4v) is 4.15. The minimum Gasteiger partial charge on any atom is -0.480 e. The van der Waals surface area contributed by atoms with Crippen molar-refractivity contribution in [3.8, 4) is 11.3 Å². The molecule has 4 rings (SSSR count). The Morgan fingerprint density at radius 3 is 2.29 bits per heavy atom. The van der Waals surface area contributed by atoms with E-state index in [1.54, 1.807) is 21.7 Å². The molecule has 2 heterocycles. The molecule has 0 amide bonds. The second kappa shape index (κ2) is 17.6. The number of nitrogens with one attached hydrogen (secondary N) is 2. The molecular formula is C34H41N6O2+. The number of aliphatic carboxylic acids is 1. The van der Waals surface area contributed by atoms with Crippen molar-refractivity contribution in [2.24, 2.45) is 0 Å². The fourth-order valence-electron chi connectivity index (χ4n) is 4.15. The molecule has 2 aromatic carbocycles. The van der Waals surface area contributed by atoms with E-state index in [9.17, 15) is 4.79 Å². The van der Waals surface area contributed by atoms with Crippen LogP contribution in [-0.2, 0) is 11.3 Å². The number of hydrogen-bond donors (Lipinski definition) is 4. The number of carbonyl (C=O) groups is 1. The molecule has 3 aromatic rings. The number of benzene rings is 2. The maximum absolute atomic E-state index is 11.1. The predicted molar refractivity (Wildman–Crippen MR) is 172 cm³/mol. The predicted octanol–water partition coefficient (Wildman–Crippen LogP) is 6.08. The summed E-state index contributed by atoms with van der Waals surface area (Å²) in [6, 6.07) is 22.4. The highest BCUT2D eigenvalue weighted by atomic mass is 16.4. The molecule has 1 saturated heterocycles. The average molecular weight is 566 g/mol. The van der Waals surface area contributed by atoms with Crippen LogP contribution in [0.4, 0.5) is 5.82 Å². The van der Waals surface area contributed by atoms with Gasteiger partial charge in [0.2, 0.25) is 0 Å². The number of anilines is 1. The Bertz CT molecular complexity index is 1410. The number of carboxylic acid groups (broad SMARTS) is 1. The van der Waals surface area contributed by atoms with Gasteiger partial charge in [-0.3, -0.25) is 11.1 Å². The van der Waals surface area contributed by atoms with Gasteiger partial charge in [-0.25, -0.2) is 4.79 Å². The first kappa shape index (κ1) is 33.1. The smallest absolute Gasteiger partial charge is 0.326 e. The minimum absolute atomic E-state index is 0.149. The van der Waals surface area contributed by atoms with E-state index < -0.39 is 12.0 Å². The van der Waals surface area contributed by atoms with Gasteiger partial charge in [0.15, 0.2) is 0 Å². The van der Waals surface area contributed by atoms with Gasteiger partial charge in [0.25, 0.3) is 5.82 Å². The van der Waals surface area contributed by atoms with Crippen molar-refractivity contribution < 1.29 is 14.6 Å². The zero-order chi connectivity index (χ0) is 30.9. The van der Waals surface area contributed by atoms with E-state index in [-0.39, 0.29) is 5.84 Å². The normalized spacial score (nSPS) is 14.2. The second-order valence-electron chi connectivity index (χ2n) is 9.04. The van der Waals surface area contributed by atoms with E-state index in [2.05, 4.69) is 18.3 Å². The number of hydrogen-bond acceptors (Lipinski definition) is 5. The van der Waals surface area contributed by atoms with E-state index in [0.717, 1.165) is 28.8 Å². The summed E-state index contributed by atoms with van der Waals surface area (Å²) in [5.41, 5.74) is 10.0. The summed E-state index contributed by atoms with van der Waals surface area (Å²) in [7, 11) is 0. The molecule has 8 heteroatoms. The highest BCUT2D eigenvalue weighted by Gasteiger charge is 2.31. The summed E-state index contributed by atoms with van der Waals surface area (Å²) < 4.78 is 1.76. The van der Waals surface area contributed by atoms with Gasteiger partial charge in [0.05, 0.1) is 5.71 Å². The molecule has 1 fully saturated rings. The third kappa shape index (κ3) is 9.82. The van der Waals surface area contributed by atoms with Crippen LogP contribution in [0.25, 0.3) is 11.3 Å². The number of likely N-dealkylation sites (tertiary alicyclic amines) is 1. The quantitative estimate of drug-likeness (QED) is 0.108. The molecule has 0 spiro atoms. The molecule has 218 valence electrons. The molecule has 8 nitrogen and oxygen atoms in total. The third-order valence-electron chi connectivity index (χ3n) is 6.27. The van der Waals surface area contributed by atoms with Crippen LogP contribution in [0.1, 0.15) is 32.3 Å². The zero-order valence-electron chi connectivity index (χ0n) is 24.4. The maximum atomic E-state index is 11.1. The molecule has 5 N–H and O–H groups in total. The van der Waals surface area contributed by atoms with E-state index in [1.807, 2.05) is 92.7 Å². The van der Waals surface area contributed by atoms with Gasteiger partial charge in [-0.1, -0.05) is 111 Å². The average Bonchev–Trinajstić information content (AvgIpc) is 3.53. The lowest BCUT2D eigenvalue weighted by Gasteiger charge is -2.21. The molecule has 1 aliphatic rings. The molecule has 1 unspecified atom stereocenters. The summed E-state index contributed by atoms with van der Waals surface area (Å²) in [6.45, 7) is 12.6. The number of nitrogens with zero attached hydrogens (tertiary/aromatic N) is 3. The van der Waals surface area contributed by atoms with Gasteiger partial charge >= 0.3 is 5.97 Å². The first-order valence-corrected chi connectivity index (χ1v) is 13.9. The summed E-state index contributed by atoms with van der Waals surface area (Å²) in [4.78, 5) is 12.6. The molecular weight excluding hydrogens is 524 g/mol. The Morgan fingerprint density at radius 2 is 1.69 bits per heavy atom. The largest absolute Gasteiger partial charge is 0.480 e. The highest BCUT2D eigenvalue weighted by molar-refractivity contribution is 6.09. The van der Waals surface area contributed by atoms with Crippen molar-refractivity contribution in [1.82, 2.24) is 10.00 Å². The lowest BCUT2D eigenvalue weighted by molar-refractivity contribution is -0.731. The van der Waals surface area contributed by atoms with Crippen LogP contribution in [-0.4, -0.2) is 45.2 Å². The maximum Gasteiger partial charge on any atom is 0.326 e. The Labute approximate surface area is 248 Å². The summed E-state index contributed by atoms with van der Waals surface area (Å²) in [6.07, 6.45) is 9.80. The summed E-state index contributed by atoms with van der Waals surface area (Å²) in [5, 5.41) is 29.5. The number of rotatable bonds is 9. The first-order chi connectivity index (χ1) is 20.3. The van der Waals surface area contributed by atoms with Crippen LogP contribution in [0.5, 0.6) is 0 Å². The molecule has 1 atom stereocenters. The van der Waals surface area contributed by atoms with Gasteiger partial charge in [-0.15, -0.1) is 4.68 Å². The minimum atomic E-state index is -0.890. The standard InChI is InChI=1S/C17H17N3.C15H17N3O2.C2H6/c1-3-8-14(4-2)13-20-17(18)12-11-16(19-20)15-9-6-5-7-10-15;16-12(11-5-2-1-3-6-11)8-9-14(17)18-10-4-7-13(18)15(19)20;1-2/h3-12,18H,1-2,13H2;1-3,5-6,8-9,13,16-17H,4,7,10H2,(H,19,20);1-2H3/p+1/b14-8+;9-8-,16-12?,17-14?;. The Morgan fingerprint density at radius 1 is 1.05 bits per heavy atom. The Kier molecular flexibility index (Phi) is 13.8. The third-order valence-corrected chi connectivity index (χ3v) is 6.27. The van der Waals surface area contributed by atoms with Crippen molar-refractivity contribution in [1.29, 1.82) is 10.8 Å². The fraction of sp³-hybridized carbons (Fsp3) is 0.206. The van der Waals surface area contributed by atoms with Crippen LogP contribution < -0.4 is 10.4 Å². The lowest BCUT2D eigenvalue weighted by atomic mass is 10.1. The van der Waals surface area contributed by atoms with Crippen LogP contribution in [0.2, 0.25) is 0 Å². The van der Waals surface area contributed by atoms with Crippen LogP contribution >= 0.6 is 0 Å².